The molecule has 3 heterocycles. The molecule has 1 aromatic heterocycles. The highest BCUT2D eigenvalue weighted by atomic mass is 79.9. The Bertz CT molecular complexity index is 533. The van der Waals surface area contributed by atoms with E-state index in [0.717, 1.165) is 30.5 Å². The van der Waals surface area contributed by atoms with Crippen LogP contribution in [0.15, 0.2) is 10.7 Å². The zero-order valence-electron chi connectivity index (χ0n) is 12.5. The molecule has 1 aromatic rings. The number of likely N-dealkylation sites (tertiary alicyclic amines) is 1. The molecule has 2 atom stereocenters. The van der Waals surface area contributed by atoms with Crippen LogP contribution in [0, 0.1) is 0 Å². The number of carbonyl (C=O) groups excluding carboxylic acids is 1. The van der Waals surface area contributed by atoms with Gasteiger partial charge in [-0.15, -0.1) is 0 Å². The van der Waals surface area contributed by atoms with E-state index in [2.05, 4.69) is 32.9 Å². The number of likely N-dealkylation sites (N-methyl/N-ethyl adjacent to an activating group) is 1. The monoisotopic (exact) mass is 356 g/mol. The third-order valence-electron chi connectivity index (χ3n) is 4.36. The SMILES string of the molecule is CCN1CC[C@H]2OCCN(C(=O)c3nn(C)cc3Br)[C@H]2C1. The van der Waals surface area contributed by atoms with Crippen LogP contribution in [0.2, 0.25) is 0 Å². The molecule has 1 amide bonds. The zero-order valence-corrected chi connectivity index (χ0v) is 14.0. The van der Waals surface area contributed by atoms with E-state index in [1.165, 1.54) is 0 Å². The van der Waals surface area contributed by atoms with Crippen molar-refractivity contribution in [2.75, 3.05) is 32.8 Å². The number of morpholine rings is 1. The van der Waals surface area contributed by atoms with Gasteiger partial charge in [-0.3, -0.25) is 9.48 Å². The van der Waals surface area contributed by atoms with Crippen LogP contribution in [0.4, 0.5) is 0 Å². The summed E-state index contributed by atoms with van der Waals surface area (Å²) in [5, 5.41) is 4.29. The second-order valence-corrected chi connectivity index (χ2v) is 6.51. The summed E-state index contributed by atoms with van der Waals surface area (Å²) in [5.74, 6) is -0.00118. The van der Waals surface area contributed by atoms with Gasteiger partial charge in [0, 0.05) is 32.9 Å². The van der Waals surface area contributed by atoms with Crippen LogP contribution in [-0.2, 0) is 11.8 Å². The predicted octanol–water partition coefficient (Wildman–Crippen LogP) is 1.12. The molecule has 2 saturated heterocycles. The Labute approximate surface area is 133 Å². The fourth-order valence-electron chi connectivity index (χ4n) is 3.22. The molecular formula is C14H21BrN4O2. The summed E-state index contributed by atoms with van der Waals surface area (Å²) < 4.78 is 8.28. The number of halogens is 1. The highest BCUT2D eigenvalue weighted by molar-refractivity contribution is 9.10. The third-order valence-corrected chi connectivity index (χ3v) is 4.94. The summed E-state index contributed by atoms with van der Waals surface area (Å²) in [4.78, 5) is 17.2. The van der Waals surface area contributed by atoms with E-state index < -0.39 is 0 Å². The average molecular weight is 357 g/mol. The lowest BCUT2D eigenvalue weighted by Gasteiger charge is -2.46. The first-order valence-corrected chi connectivity index (χ1v) is 8.23. The van der Waals surface area contributed by atoms with Crippen LogP contribution in [-0.4, -0.2) is 70.4 Å². The molecule has 2 aliphatic heterocycles. The van der Waals surface area contributed by atoms with Gasteiger partial charge in [-0.1, -0.05) is 6.92 Å². The minimum atomic E-state index is -0.00118. The molecular weight excluding hydrogens is 336 g/mol. The summed E-state index contributed by atoms with van der Waals surface area (Å²) in [7, 11) is 1.82. The number of fused-ring (bicyclic) bond motifs is 1. The van der Waals surface area contributed by atoms with E-state index in [0.29, 0.717) is 18.8 Å². The van der Waals surface area contributed by atoms with Gasteiger partial charge in [0.15, 0.2) is 5.69 Å². The van der Waals surface area contributed by atoms with E-state index in [4.69, 9.17) is 4.74 Å². The summed E-state index contributed by atoms with van der Waals surface area (Å²) in [5.41, 5.74) is 0.492. The first-order chi connectivity index (χ1) is 10.1. The minimum absolute atomic E-state index is 0.00118. The van der Waals surface area contributed by atoms with Crippen molar-refractivity contribution >= 4 is 21.8 Å². The Morgan fingerprint density at radius 3 is 3.00 bits per heavy atom. The van der Waals surface area contributed by atoms with Gasteiger partial charge in [-0.05, 0) is 28.9 Å². The molecule has 0 saturated carbocycles. The van der Waals surface area contributed by atoms with Crippen LogP contribution >= 0.6 is 15.9 Å². The average Bonchev–Trinajstić information content (AvgIpc) is 2.84. The van der Waals surface area contributed by atoms with Crippen LogP contribution in [0.5, 0.6) is 0 Å². The molecule has 0 N–H and O–H groups in total. The molecule has 7 heteroatoms. The lowest BCUT2D eigenvalue weighted by Crippen LogP contribution is -2.61. The van der Waals surface area contributed by atoms with Gasteiger partial charge >= 0.3 is 0 Å². The van der Waals surface area contributed by atoms with Gasteiger partial charge < -0.3 is 14.5 Å². The van der Waals surface area contributed by atoms with Gasteiger partial charge in [0.1, 0.15) is 0 Å². The lowest BCUT2D eigenvalue weighted by atomic mass is 9.98. The van der Waals surface area contributed by atoms with E-state index in [1.807, 2.05) is 18.1 Å². The molecule has 0 radical (unpaired) electrons. The molecule has 0 aliphatic carbocycles. The smallest absolute Gasteiger partial charge is 0.275 e. The second-order valence-electron chi connectivity index (χ2n) is 5.66. The highest BCUT2D eigenvalue weighted by Gasteiger charge is 2.40. The number of aromatic nitrogens is 2. The van der Waals surface area contributed by atoms with E-state index in [9.17, 15) is 4.79 Å². The van der Waals surface area contributed by atoms with E-state index >= 15 is 0 Å². The predicted molar refractivity (Wildman–Crippen MR) is 82.2 cm³/mol. The number of carbonyl (C=O) groups is 1. The van der Waals surface area contributed by atoms with Crippen molar-refractivity contribution in [1.29, 1.82) is 0 Å². The zero-order chi connectivity index (χ0) is 15.0. The number of aryl methyl sites for hydroxylation is 1. The van der Waals surface area contributed by atoms with Crippen molar-refractivity contribution < 1.29 is 9.53 Å². The van der Waals surface area contributed by atoms with Crippen LogP contribution in [0.1, 0.15) is 23.8 Å². The second kappa shape index (κ2) is 6.06. The highest BCUT2D eigenvalue weighted by Crippen LogP contribution is 2.26. The topological polar surface area (TPSA) is 50.6 Å². The Morgan fingerprint density at radius 1 is 1.52 bits per heavy atom. The molecule has 2 aliphatic rings. The summed E-state index contributed by atoms with van der Waals surface area (Å²) in [6, 6.07) is 0.133. The fourth-order valence-corrected chi connectivity index (χ4v) is 3.76. The van der Waals surface area contributed by atoms with Gasteiger partial charge in [-0.2, -0.15) is 5.10 Å². The first-order valence-electron chi connectivity index (χ1n) is 7.44. The number of rotatable bonds is 2. The quantitative estimate of drug-likeness (QED) is 0.796. The van der Waals surface area contributed by atoms with Crippen molar-refractivity contribution in [3.63, 3.8) is 0 Å². The van der Waals surface area contributed by atoms with Crippen molar-refractivity contribution in [1.82, 2.24) is 19.6 Å². The standard InChI is InChI=1S/C14H21BrN4O2/c1-3-18-5-4-12-11(9-18)19(6-7-21-12)14(20)13-10(15)8-17(2)16-13/h8,11-12H,3-7,9H2,1-2H3/t11-,12+/m0/s1. The molecule has 2 fully saturated rings. The van der Waals surface area contributed by atoms with Crippen LogP contribution in [0.3, 0.4) is 0 Å². The van der Waals surface area contributed by atoms with Gasteiger partial charge in [0.2, 0.25) is 0 Å². The summed E-state index contributed by atoms with van der Waals surface area (Å²) in [6.45, 7) is 6.36. The molecule has 3 rings (SSSR count). The number of hydrogen-bond donors (Lipinski definition) is 0. The van der Waals surface area contributed by atoms with Gasteiger partial charge in [-0.25, -0.2) is 0 Å². The van der Waals surface area contributed by atoms with Gasteiger partial charge in [0.05, 0.1) is 23.2 Å². The Balaban J connectivity index is 1.82. The van der Waals surface area contributed by atoms with E-state index in [-0.39, 0.29) is 18.1 Å². The van der Waals surface area contributed by atoms with E-state index in [1.54, 1.807) is 4.68 Å². The number of hydrogen-bond acceptors (Lipinski definition) is 4. The molecule has 0 aromatic carbocycles. The third kappa shape index (κ3) is 2.86. The van der Waals surface area contributed by atoms with Crippen LogP contribution in [0.25, 0.3) is 0 Å². The van der Waals surface area contributed by atoms with Crippen molar-refractivity contribution in [2.45, 2.75) is 25.5 Å². The van der Waals surface area contributed by atoms with Crippen molar-refractivity contribution in [3.8, 4) is 0 Å². The van der Waals surface area contributed by atoms with Crippen molar-refractivity contribution in [2.24, 2.45) is 7.05 Å². The van der Waals surface area contributed by atoms with Crippen LogP contribution < -0.4 is 0 Å². The maximum Gasteiger partial charge on any atom is 0.275 e. The molecule has 21 heavy (non-hydrogen) atoms. The maximum absolute atomic E-state index is 12.8. The lowest BCUT2D eigenvalue weighted by molar-refractivity contribution is -0.0897. The maximum atomic E-state index is 12.8. The molecule has 0 bridgehead atoms. The Hall–Kier alpha value is -0.920. The molecule has 0 unspecified atom stereocenters. The molecule has 0 spiro atoms. The Morgan fingerprint density at radius 2 is 2.33 bits per heavy atom. The number of ether oxygens (including phenoxy) is 1. The summed E-state index contributed by atoms with van der Waals surface area (Å²) >= 11 is 3.43. The van der Waals surface area contributed by atoms with Crippen molar-refractivity contribution in [3.05, 3.63) is 16.4 Å². The number of amides is 1. The Kier molecular flexibility index (Phi) is 4.33. The normalized spacial score (nSPS) is 26.7. The fraction of sp³-hybridized carbons (Fsp3) is 0.714. The minimum Gasteiger partial charge on any atom is -0.374 e. The molecule has 116 valence electrons. The first kappa shape index (κ1) is 15.0. The largest absolute Gasteiger partial charge is 0.374 e. The van der Waals surface area contributed by atoms with Gasteiger partial charge in [0.25, 0.3) is 5.91 Å². The summed E-state index contributed by atoms with van der Waals surface area (Å²) in [6.07, 6.45) is 2.96. The molecule has 6 nitrogen and oxygen atoms in total. The number of nitrogens with zero attached hydrogens (tertiary/aromatic N) is 4. The number of piperidine rings is 1.